The number of aromatic hydroxyl groups is 1. The van der Waals surface area contributed by atoms with E-state index in [0.29, 0.717) is 5.75 Å². The van der Waals surface area contributed by atoms with Crippen molar-refractivity contribution in [3.8, 4) is 5.75 Å². The van der Waals surface area contributed by atoms with Gasteiger partial charge in [-0.05, 0) is 32.4 Å². The summed E-state index contributed by atoms with van der Waals surface area (Å²) in [5.41, 5.74) is -0.170. The normalized spacial score (nSPS) is 11.2. The van der Waals surface area contributed by atoms with Gasteiger partial charge in [-0.25, -0.2) is 0 Å². The number of carbonyl (C=O) groups excluding carboxylic acids is 1. The number of rotatable bonds is 5. The first kappa shape index (κ1) is 13.9. The molecular weight excluding hydrogens is 234 g/mol. The first-order valence-corrected chi connectivity index (χ1v) is 6.65. The van der Waals surface area contributed by atoms with Gasteiger partial charge in [0.1, 0.15) is 5.75 Å². The molecule has 0 bridgehead atoms. The van der Waals surface area contributed by atoms with Gasteiger partial charge in [0.05, 0.1) is 5.75 Å². The number of nitrogens with one attached hydrogen (secondary N) is 1. The zero-order valence-electron chi connectivity index (χ0n) is 10.5. The summed E-state index contributed by atoms with van der Waals surface area (Å²) in [4.78, 5) is 12.4. The Balaban J connectivity index is 2.47. The maximum atomic E-state index is 11.7. The standard InChI is InChI=1S/C13H19NO2S/c1-4-13(2,3)14-12(16)9-17-11-8-6-5-7-10(11)15/h5-8,15H,4,9H2,1-3H3,(H,14,16). The smallest absolute Gasteiger partial charge is 0.230 e. The van der Waals surface area contributed by atoms with Crippen LogP contribution in [0.5, 0.6) is 5.75 Å². The van der Waals surface area contributed by atoms with Crippen LogP contribution in [0.4, 0.5) is 0 Å². The van der Waals surface area contributed by atoms with Crippen molar-refractivity contribution in [3.05, 3.63) is 24.3 Å². The molecule has 1 aromatic rings. The van der Waals surface area contributed by atoms with E-state index in [4.69, 9.17) is 0 Å². The molecule has 94 valence electrons. The molecule has 1 aromatic carbocycles. The first-order valence-electron chi connectivity index (χ1n) is 5.66. The Bertz CT molecular complexity index is 391. The second-order valence-electron chi connectivity index (χ2n) is 4.54. The van der Waals surface area contributed by atoms with Gasteiger partial charge in [0.15, 0.2) is 0 Å². The van der Waals surface area contributed by atoms with Gasteiger partial charge in [-0.1, -0.05) is 19.1 Å². The number of phenolic OH excluding ortho intramolecular Hbond substituents is 1. The van der Waals surface area contributed by atoms with E-state index in [2.05, 4.69) is 5.32 Å². The predicted molar refractivity (Wildman–Crippen MR) is 71.3 cm³/mol. The molecule has 1 amide bonds. The summed E-state index contributed by atoms with van der Waals surface area (Å²) in [6.45, 7) is 6.03. The molecule has 2 N–H and O–H groups in total. The fraction of sp³-hybridized carbons (Fsp3) is 0.462. The summed E-state index contributed by atoms with van der Waals surface area (Å²) in [6, 6.07) is 7.03. The number of hydrogen-bond acceptors (Lipinski definition) is 3. The van der Waals surface area contributed by atoms with E-state index in [9.17, 15) is 9.90 Å². The molecule has 0 atom stereocenters. The van der Waals surface area contributed by atoms with Gasteiger partial charge in [-0.3, -0.25) is 4.79 Å². The molecule has 0 fully saturated rings. The van der Waals surface area contributed by atoms with Crippen LogP contribution in [0, 0.1) is 0 Å². The van der Waals surface area contributed by atoms with E-state index in [0.717, 1.165) is 11.3 Å². The van der Waals surface area contributed by atoms with E-state index in [1.165, 1.54) is 11.8 Å². The van der Waals surface area contributed by atoms with Gasteiger partial charge in [0.25, 0.3) is 0 Å². The van der Waals surface area contributed by atoms with Crippen molar-refractivity contribution < 1.29 is 9.90 Å². The molecule has 0 spiro atoms. The van der Waals surface area contributed by atoms with Gasteiger partial charge in [-0.2, -0.15) is 0 Å². The Morgan fingerprint density at radius 1 is 1.41 bits per heavy atom. The molecule has 4 heteroatoms. The minimum atomic E-state index is -0.170. The highest BCUT2D eigenvalue weighted by molar-refractivity contribution is 8.00. The zero-order valence-corrected chi connectivity index (χ0v) is 11.3. The third-order valence-corrected chi connectivity index (χ3v) is 3.65. The van der Waals surface area contributed by atoms with E-state index in [1.807, 2.05) is 26.8 Å². The van der Waals surface area contributed by atoms with Crippen LogP contribution in [0.15, 0.2) is 29.2 Å². The van der Waals surface area contributed by atoms with Gasteiger partial charge < -0.3 is 10.4 Å². The second kappa shape index (κ2) is 5.96. The number of amides is 1. The van der Waals surface area contributed by atoms with E-state index in [1.54, 1.807) is 18.2 Å². The Kier molecular flexibility index (Phi) is 4.87. The average Bonchev–Trinajstić information content (AvgIpc) is 2.27. The number of para-hydroxylation sites is 1. The largest absolute Gasteiger partial charge is 0.507 e. The quantitative estimate of drug-likeness (QED) is 0.793. The summed E-state index contributed by atoms with van der Waals surface area (Å²) in [5.74, 6) is 0.534. The molecule has 0 aromatic heterocycles. The highest BCUT2D eigenvalue weighted by Gasteiger charge is 2.17. The lowest BCUT2D eigenvalue weighted by Gasteiger charge is -2.24. The average molecular weight is 253 g/mol. The van der Waals surface area contributed by atoms with E-state index in [-0.39, 0.29) is 17.2 Å². The highest BCUT2D eigenvalue weighted by atomic mass is 32.2. The number of hydrogen-bond donors (Lipinski definition) is 2. The van der Waals surface area contributed by atoms with Gasteiger partial charge in [-0.15, -0.1) is 11.8 Å². The molecule has 0 unspecified atom stereocenters. The van der Waals surface area contributed by atoms with Crippen LogP contribution in [-0.2, 0) is 4.79 Å². The van der Waals surface area contributed by atoms with Crippen LogP contribution >= 0.6 is 11.8 Å². The van der Waals surface area contributed by atoms with Crippen LogP contribution in [0.2, 0.25) is 0 Å². The monoisotopic (exact) mass is 253 g/mol. The summed E-state index contributed by atoms with van der Waals surface area (Å²) in [7, 11) is 0. The van der Waals surface area contributed by atoms with Crippen molar-refractivity contribution >= 4 is 17.7 Å². The summed E-state index contributed by atoms with van der Waals surface area (Å²) >= 11 is 1.34. The van der Waals surface area contributed by atoms with Crippen molar-refractivity contribution in [3.63, 3.8) is 0 Å². The van der Waals surface area contributed by atoms with Crippen molar-refractivity contribution in [2.45, 2.75) is 37.6 Å². The highest BCUT2D eigenvalue weighted by Crippen LogP contribution is 2.27. The van der Waals surface area contributed by atoms with Crippen molar-refractivity contribution in [1.82, 2.24) is 5.32 Å². The van der Waals surface area contributed by atoms with Crippen LogP contribution in [-0.4, -0.2) is 22.3 Å². The lowest BCUT2D eigenvalue weighted by Crippen LogP contribution is -2.43. The van der Waals surface area contributed by atoms with Crippen molar-refractivity contribution in [1.29, 1.82) is 0 Å². The molecule has 0 radical (unpaired) electrons. The summed E-state index contributed by atoms with van der Waals surface area (Å²) in [5, 5.41) is 12.5. The third kappa shape index (κ3) is 4.69. The van der Waals surface area contributed by atoms with Gasteiger partial charge in [0, 0.05) is 10.4 Å². The third-order valence-electron chi connectivity index (χ3n) is 2.59. The Labute approximate surface area is 107 Å². The van der Waals surface area contributed by atoms with E-state index >= 15 is 0 Å². The topological polar surface area (TPSA) is 49.3 Å². The minimum absolute atomic E-state index is 0.00916. The van der Waals surface area contributed by atoms with Crippen LogP contribution in [0.3, 0.4) is 0 Å². The number of benzene rings is 1. The SMILES string of the molecule is CCC(C)(C)NC(=O)CSc1ccccc1O. The first-order chi connectivity index (χ1) is 7.94. The Hall–Kier alpha value is -1.16. The number of thioether (sulfide) groups is 1. The second-order valence-corrected chi connectivity index (χ2v) is 5.56. The van der Waals surface area contributed by atoms with Crippen LogP contribution in [0.25, 0.3) is 0 Å². The van der Waals surface area contributed by atoms with Crippen LogP contribution < -0.4 is 5.32 Å². The molecule has 1 rings (SSSR count). The fourth-order valence-electron chi connectivity index (χ4n) is 1.22. The molecule has 0 aliphatic rings. The van der Waals surface area contributed by atoms with Gasteiger partial charge >= 0.3 is 0 Å². The molecule has 3 nitrogen and oxygen atoms in total. The van der Waals surface area contributed by atoms with Crippen LogP contribution in [0.1, 0.15) is 27.2 Å². The fourth-order valence-corrected chi connectivity index (χ4v) is 1.97. The Morgan fingerprint density at radius 3 is 2.65 bits per heavy atom. The number of phenols is 1. The lowest BCUT2D eigenvalue weighted by atomic mass is 10.0. The lowest BCUT2D eigenvalue weighted by molar-refractivity contribution is -0.120. The maximum absolute atomic E-state index is 11.7. The molecule has 0 aliphatic carbocycles. The molecule has 0 heterocycles. The molecule has 17 heavy (non-hydrogen) atoms. The maximum Gasteiger partial charge on any atom is 0.230 e. The van der Waals surface area contributed by atoms with Crippen molar-refractivity contribution in [2.75, 3.05) is 5.75 Å². The number of carbonyl (C=O) groups is 1. The molecular formula is C13H19NO2S. The van der Waals surface area contributed by atoms with E-state index < -0.39 is 0 Å². The predicted octanol–water partition coefficient (Wildman–Crippen LogP) is 2.79. The molecule has 0 saturated heterocycles. The minimum Gasteiger partial charge on any atom is -0.507 e. The van der Waals surface area contributed by atoms with Crippen molar-refractivity contribution in [2.24, 2.45) is 0 Å². The molecule has 0 saturated carbocycles. The Morgan fingerprint density at radius 2 is 2.06 bits per heavy atom. The molecule has 0 aliphatic heterocycles. The summed E-state index contributed by atoms with van der Waals surface area (Å²) < 4.78 is 0. The summed E-state index contributed by atoms with van der Waals surface area (Å²) in [6.07, 6.45) is 0.889. The van der Waals surface area contributed by atoms with Gasteiger partial charge in [0.2, 0.25) is 5.91 Å². The zero-order chi connectivity index (χ0) is 12.9.